The number of imidazole rings is 2. The molecule has 10 heteroatoms. The van der Waals surface area contributed by atoms with Gasteiger partial charge in [0.1, 0.15) is 11.4 Å². The lowest BCUT2D eigenvalue weighted by Gasteiger charge is -2.12. The molecule has 0 fully saturated rings. The Bertz CT molecular complexity index is 1490. The summed E-state index contributed by atoms with van der Waals surface area (Å²) in [5.41, 5.74) is 4.13. The van der Waals surface area contributed by atoms with Crippen molar-refractivity contribution in [1.29, 1.82) is 0 Å². The van der Waals surface area contributed by atoms with Crippen LogP contribution in [0.15, 0.2) is 66.1 Å². The molecule has 0 aliphatic carbocycles. The molecule has 0 bridgehead atoms. The number of H-pyrrole nitrogens is 2. The van der Waals surface area contributed by atoms with Gasteiger partial charge in [-0.1, -0.05) is 23.7 Å². The molecule has 0 aliphatic rings. The number of anilines is 1. The van der Waals surface area contributed by atoms with E-state index in [1.165, 1.54) is 6.20 Å². The molecule has 0 radical (unpaired) electrons. The number of fused-ring (bicyclic) bond motifs is 1. The second-order valence-electron chi connectivity index (χ2n) is 7.64. The highest BCUT2D eigenvalue weighted by Crippen LogP contribution is 2.24. The van der Waals surface area contributed by atoms with E-state index in [9.17, 15) is 9.90 Å². The summed E-state index contributed by atoms with van der Waals surface area (Å²) in [5.74, 6) is 0.676. The predicted octanol–water partition coefficient (Wildman–Crippen LogP) is 3.61. The van der Waals surface area contributed by atoms with Crippen molar-refractivity contribution in [2.45, 2.75) is 13.0 Å². The van der Waals surface area contributed by atoms with E-state index in [0.29, 0.717) is 22.0 Å². The predicted molar refractivity (Wildman–Crippen MR) is 127 cm³/mol. The van der Waals surface area contributed by atoms with Crippen LogP contribution in [0.1, 0.15) is 17.2 Å². The lowest BCUT2D eigenvalue weighted by Crippen LogP contribution is -2.18. The highest BCUT2D eigenvalue weighted by Gasteiger charge is 2.14. The first kappa shape index (κ1) is 20.9. The van der Waals surface area contributed by atoms with Crippen LogP contribution in [-0.4, -0.2) is 41.1 Å². The summed E-state index contributed by atoms with van der Waals surface area (Å²) < 4.78 is 1.90. The molecule has 33 heavy (non-hydrogen) atoms. The van der Waals surface area contributed by atoms with E-state index in [1.807, 2.05) is 29.8 Å². The number of benzene rings is 2. The topological polar surface area (TPSA) is 125 Å². The van der Waals surface area contributed by atoms with Crippen molar-refractivity contribution in [3.8, 4) is 17.1 Å². The number of rotatable bonds is 6. The van der Waals surface area contributed by atoms with Crippen LogP contribution in [0.25, 0.3) is 28.1 Å². The van der Waals surface area contributed by atoms with Crippen LogP contribution in [0, 0.1) is 6.92 Å². The smallest absolute Gasteiger partial charge is 0.263 e. The average Bonchev–Trinajstić information content (AvgIpc) is 3.48. The Balaban J connectivity index is 1.38. The molecule has 5 rings (SSSR count). The number of hydrogen-bond donors (Lipinski definition) is 4. The second-order valence-corrected chi connectivity index (χ2v) is 8.08. The van der Waals surface area contributed by atoms with E-state index in [-0.39, 0.29) is 18.1 Å². The van der Waals surface area contributed by atoms with Gasteiger partial charge in [0.25, 0.3) is 5.56 Å². The number of hydrogen-bond acceptors (Lipinski definition) is 6. The summed E-state index contributed by atoms with van der Waals surface area (Å²) in [6.45, 7) is 2.12. The highest BCUT2D eigenvalue weighted by atomic mass is 35.5. The maximum Gasteiger partial charge on any atom is 0.263 e. The first-order chi connectivity index (χ1) is 16.0. The molecule has 1 atom stereocenters. The van der Waals surface area contributed by atoms with Crippen LogP contribution in [0.4, 0.5) is 5.95 Å². The zero-order valence-corrected chi connectivity index (χ0v) is 18.3. The highest BCUT2D eigenvalue weighted by molar-refractivity contribution is 6.30. The number of aliphatic hydroxyl groups excluding tert-OH is 1. The molecule has 4 N–H and O–H groups in total. The third-order valence-corrected chi connectivity index (χ3v) is 5.55. The van der Waals surface area contributed by atoms with Crippen molar-refractivity contribution in [3.63, 3.8) is 0 Å². The molecule has 0 saturated heterocycles. The largest absolute Gasteiger partial charge is 0.387 e. The summed E-state index contributed by atoms with van der Waals surface area (Å²) >= 11 is 5.97. The van der Waals surface area contributed by atoms with Crippen molar-refractivity contribution >= 4 is 28.6 Å². The minimum absolute atomic E-state index is 0.156. The quantitative estimate of drug-likeness (QED) is 0.306. The van der Waals surface area contributed by atoms with Gasteiger partial charge in [0.15, 0.2) is 0 Å². The lowest BCUT2D eigenvalue weighted by atomic mass is 10.1. The first-order valence-corrected chi connectivity index (χ1v) is 10.6. The van der Waals surface area contributed by atoms with Crippen LogP contribution in [0.2, 0.25) is 5.02 Å². The van der Waals surface area contributed by atoms with Gasteiger partial charge < -0.3 is 20.0 Å². The Kier molecular flexibility index (Phi) is 5.41. The monoisotopic (exact) mass is 461 g/mol. The van der Waals surface area contributed by atoms with E-state index in [4.69, 9.17) is 11.6 Å². The number of aliphatic hydroxyl groups is 1. The first-order valence-electron chi connectivity index (χ1n) is 10.2. The molecule has 2 aromatic carbocycles. The second kappa shape index (κ2) is 8.53. The van der Waals surface area contributed by atoms with Gasteiger partial charge in [-0.2, -0.15) is 0 Å². The van der Waals surface area contributed by atoms with Crippen LogP contribution >= 0.6 is 11.6 Å². The van der Waals surface area contributed by atoms with Gasteiger partial charge in [0.2, 0.25) is 5.95 Å². The van der Waals surface area contributed by atoms with Gasteiger partial charge in [-0.15, -0.1) is 0 Å². The van der Waals surface area contributed by atoms with Crippen LogP contribution < -0.4 is 10.9 Å². The third-order valence-electron chi connectivity index (χ3n) is 5.32. The van der Waals surface area contributed by atoms with E-state index in [2.05, 4.69) is 30.2 Å². The molecular formula is C23H20ClN7O2. The van der Waals surface area contributed by atoms with Gasteiger partial charge >= 0.3 is 0 Å². The Morgan fingerprint density at radius 3 is 2.88 bits per heavy atom. The molecule has 5 aromatic rings. The minimum Gasteiger partial charge on any atom is -0.387 e. The van der Waals surface area contributed by atoms with E-state index >= 15 is 0 Å². The SMILES string of the molecule is Cc1cc(-n2ccnc2)cc2[nH]c(-c3cnc(NCC(O)c4cccc(Cl)c4)[nH]c3=O)nc12. The molecule has 3 heterocycles. The average molecular weight is 462 g/mol. The molecule has 0 spiro atoms. The molecule has 3 aromatic heterocycles. The number of halogens is 1. The summed E-state index contributed by atoms with van der Waals surface area (Å²) in [6.07, 6.45) is 5.95. The fourth-order valence-electron chi connectivity index (χ4n) is 3.64. The van der Waals surface area contributed by atoms with Crippen molar-refractivity contribution in [2.75, 3.05) is 11.9 Å². The van der Waals surface area contributed by atoms with Gasteiger partial charge in [0, 0.05) is 35.8 Å². The molecule has 0 amide bonds. The summed E-state index contributed by atoms with van der Waals surface area (Å²) in [6, 6.07) is 10.9. The number of aromatic nitrogens is 6. The van der Waals surface area contributed by atoms with E-state index in [1.54, 1.807) is 36.8 Å². The zero-order valence-electron chi connectivity index (χ0n) is 17.6. The minimum atomic E-state index is -0.809. The number of aromatic amines is 2. The number of nitrogens with one attached hydrogen (secondary N) is 3. The Hall–Kier alpha value is -3.95. The van der Waals surface area contributed by atoms with Crippen molar-refractivity contribution in [1.82, 2.24) is 29.5 Å². The summed E-state index contributed by atoms with van der Waals surface area (Å²) in [7, 11) is 0. The van der Waals surface area contributed by atoms with Gasteiger partial charge in [0.05, 0.1) is 23.5 Å². The Morgan fingerprint density at radius 2 is 2.12 bits per heavy atom. The molecule has 166 valence electrons. The Labute approximate surface area is 193 Å². The van der Waals surface area contributed by atoms with Crippen molar-refractivity contribution in [2.24, 2.45) is 0 Å². The maximum atomic E-state index is 12.7. The maximum absolute atomic E-state index is 12.7. The molecule has 0 aliphatic heterocycles. The standard InChI is InChI=1S/C23H20ClN7O2/c1-13-7-16(31-6-5-25-12-31)9-18-20(13)29-21(28-18)17-10-26-23(30-22(17)33)27-11-19(32)14-3-2-4-15(24)8-14/h2-10,12,19,32H,11H2,1H3,(H,28,29)(H2,26,27,30,33). The summed E-state index contributed by atoms with van der Waals surface area (Å²) in [4.78, 5) is 31.6. The van der Waals surface area contributed by atoms with E-state index < -0.39 is 6.10 Å². The molecule has 9 nitrogen and oxygen atoms in total. The fraction of sp³-hybridized carbons (Fsp3) is 0.130. The third kappa shape index (κ3) is 4.23. The van der Waals surface area contributed by atoms with Gasteiger partial charge in [-0.3, -0.25) is 9.78 Å². The van der Waals surface area contributed by atoms with Crippen molar-refractivity contribution in [3.05, 3.63) is 87.8 Å². The molecule has 0 saturated carbocycles. The van der Waals surface area contributed by atoms with Crippen molar-refractivity contribution < 1.29 is 5.11 Å². The van der Waals surface area contributed by atoms with Gasteiger partial charge in [-0.05, 0) is 42.3 Å². The van der Waals surface area contributed by atoms with Crippen LogP contribution in [0.3, 0.4) is 0 Å². The lowest BCUT2D eigenvalue weighted by molar-refractivity contribution is 0.191. The van der Waals surface area contributed by atoms with Crippen LogP contribution in [0.5, 0.6) is 0 Å². The molecule has 1 unspecified atom stereocenters. The Morgan fingerprint density at radius 1 is 1.24 bits per heavy atom. The van der Waals surface area contributed by atoms with Crippen LogP contribution in [-0.2, 0) is 0 Å². The fourth-order valence-corrected chi connectivity index (χ4v) is 3.84. The summed E-state index contributed by atoms with van der Waals surface area (Å²) in [5, 5.41) is 13.8. The normalized spacial score (nSPS) is 12.2. The van der Waals surface area contributed by atoms with E-state index in [0.717, 1.165) is 22.3 Å². The zero-order chi connectivity index (χ0) is 22.9. The molecular weight excluding hydrogens is 442 g/mol. The number of aryl methyl sites for hydroxylation is 1. The number of nitrogens with zero attached hydrogens (tertiary/aromatic N) is 4. The van der Waals surface area contributed by atoms with Gasteiger partial charge in [-0.25, -0.2) is 15.0 Å².